The molecule has 1 aliphatic heterocycles. The van der Waals surface area contributed by atoms with Gasteiger partial charge >= 0.3 is 0 Å². The summed E-state index contributed by atoms with van der Waals surface area (Å²) in [5.74, 6) is 0.281. The maximum Gasteiger partial charge on any atom is 0.214 e. The topological polar surface area (TPSA) is 49.4 Å². The molecule has 0 aliphatic carbocycles. The quantitative estimate of drug-likeness (QED) is 0.816. The van der Waals surface area contributed by atoms with Gasteiger partial charge in [0.1, 0.15) is 0 Å². The van der Waals surface area contributed by atoms with Gasteiger partial charge in [0, 0.05) is 19.1 Å². The molecule has 114 valence electrons. The van der Waals surface area contributed by atoms with Crippen molar-refractivity contribution >= 4 is 10.0 Å². The number of rotatable bonds is 6. The SMILES string of the molecule is CCCNC1CCN(S(=O)(=O)CCC(C)(C)C)CC1. The van der Waals surface area contributed by atoms with Crippen molar-refractivity contribution in [2.75, 3.05) is 25.4 Å². The summed E-state index contributed by atoms with van der Waals surface area (Å²) in [6.45, 7) is 10.8. The van der Waals surface area contributed by atoms with Gasteiger partial charge in [0.05, 0.1) is 5.75 Å². The zero-order valence-electron chi connectivity index (χ0n) is 12.9. The first kappa shape index (κ1) is 16.9. The Morgan fingerprint density at radius 1 is 1.21 bits per heavy atom. The van der Waals surface area contributed by atoms with Crippen molar-refractivity contribution in [3.63, 3.8) is 0 Å². The van der Waals surface area contributed by atoms with Gasteiger partial charge in [-0.25, -0.2) is 12.7 Å². The summed E-state index contributed by atoms with van der Waals surface area (Å²) in [5.41, 5.74) is 0.0775. The van der Waals surface area contributed by atoms with Gasteiger partial charge in [-0.3, -0.25) is 0 Å². The second kappa shape index (κ2) is 7.04. The minimum absolute atomic E-state index is 0.0775. The van der Waals surface area contributed by atoms with Gasteiger partial charge in [-0.1, -0.05) is 27.7 Å². The van der Waals surface area contributed by atoms with Gasteiger partial charge in [-0.05, 0) is 37.6 Å². The van der Waals surface area contributed by atoms with E-state index in [0.717, 1.165) is 32.2 Å². The van der Waals surface area contributed by atoms with Crippen molar-refractivity contribution in [1.82, 2.24) is 9.62 Å². The van der Waals surface area contributed by atoms with Crippen LogP contribution in [0.25, 0.3) is 0 Å². The molecule has 4 nitrogen and oxygen atoms in total. The third-order valence-corrected chi connectivity index (χ3v) is 5.51. The molecule has 0 aromatic rings. The summed E-state index contributed by atoms with van der Waals surface area (Å²) in [7, 11) is -3.05. The third kappa shape index (κ3) is 6.23. The molecule has 1 rings (SSSR count). The Kier molecular flexibility index (Phi) is 6.27. The fourth-order valence-corrected chi connectivity index (χ4v) is 4.15. The minimum atomic E-state index is -3.05. The van der Waals surface area contributed by atoms with Crippen LogP contribution in [0.3, 0.4) is 0 Å². The lowest BCUT2D eigenvalue weighted by Crippen LogP contribution is -2.45. The average molecular weight is 290 g/mol. The van der Waals surface area contributed by atoms with E-state index in [0.29, 0.717) is 19.1 Å². The maximum atomic E-state index is 12.3. The van der Waals surface area contributed by atoms with Crippen LogP contribution in [0, 0.1) is 5.41 Å². The van der Waals surface area contributed by atoms with Crippen molar-refractivity contribution < 1.29 is 8.42 Å². The van der Waals surface area contributed by atoms with Crippen LogP contribution in [-0.2, 0) is 10.0 Å². The van der Waals surface area contributed by atoms with Crippen LogP contribution in [0.4, 0.5) is 0 Å². The number of sulfonamides is 1. The summed E-state index contributed by atoms with van der Waals surface area (Å²) in [6, 6.07) is 0.494. The Bertz CT molecular complexity index is 352. The molecule has 0 spiro atoms. The number of nitrogens with one attached hydrogen (secondary N) is 1. The van der Waals surface area contributed by atoms with Gasteiger partial charge in [0.2, 0.25) is 10.0 Å². The molecule has 0 bridgehead atoms. The van der Waals surface area contributed by atoms with E-state index in [1.807, 2.05) is 0 Å². The predicted octanol–water partition coefficient (Wildman–Crippen LogP) is 2.22. The second-order valence-corrected chi connectivity index (χ2v) is 8.84. The highest BCUT2D eigenvalue weighted by Crippen LogP contribution is 2.22. The van der Waals surface area contributed by atoms with E-state index in [2.05, 4.69) is 33.0 Å². The third-order valence-electron chi connectivity index (χ3n) is 3.64. The molecule has 1 N–H and O–H groups in total. The van der Waals surface area contributed by atoms with Crippen LogP contribution < -0.4 is 5.32 Å². The lowest BCUT2D eigenvalue weighted by Gasteiger charge is -2.32. The first-order valence-electron chi connectivity index (χ1n) is 7.46. The second-order valence-electron chi connectivity index (χ2n) is 6.75. The van der Waals surface area contributed by atoms with Gasteiger partial charge in [0.25, 0.3) is 0 Å². The Morgan fingerprint density at radius 2 is 1.79 bits per heavy atom. The summed E-state index contributed by atoms with van der Waals surface area (Å²) < 4.78 is 26.2. The highest BCUT2D eigenvalue weighted by Gasteiger charge is 2.28. The fraction of sp³-hybridized carbons (Fsp3) is 1.00. The average Bonchev–Trinajstić information content (AvgIpc) is 2.34. The van der Waals surface area contributed by atoms with Crippen molar-refractivity contribution in [2.24, 2.45) is 5.41 Å². The Labute approximate surface area is 119 Å². The van der Waals surface area contributed by atoms with E-state index >= 15 is 0 Å². The number of piperidine rings is 1. The van der Waals surface area contributed by atoms with E-state index in [4.69, 9.17) is 0 Å². The van der Waals surface area contributed by atoms with Gasteiger partial charge in [-0.15, -0.1) is 0 Å². The summed E-state index contributed by atoms with van der Waals surface area (Å²) >= 11 is 0. The van der Waals surface area contributed by atoms with Crippen molar-refractivity contribution in [2.45, 2.75) is 59.4 Å². The van der Waals surface area contributed by atoms with Crippen LogP contribution in [0.5, 0.6) is 0 Å². The van der Waals surface area contributed by atoms with Crippen LogP contribution in [0.1, 0.15) is 53.4 Å². The van der Waals surface area contributed by atoms with E-state index in [9.17, 15) is 8.42 Å². The first-order chi connectivity index (χ1) is 8.74. The Hall–Kier alpha value is -0.130. The summed E-state index contributed by atoms with van der Waals surface area (Å²) in [6.07, 6.45) is 3.73. The summed E-state index contributed by atoms with van der Waals surface area (Å²) in [4.78, 5) is 0. The van der Waals surface area contributed by atoms with Crippen LogP contribution in [0.2, 0.25) is 0 Å². The van der Waals surface area contributed by atoms with E-state index in [1.165, 1.54) is 0 Å². The van der Waals surface area contributed by atoms with Gasteiger partial charge in [-0.2, -0.15) is 0 Å². The Morgan fingerprint density at radius 3 is 2.26 bits per heavy atom. The zero-order chi connectivity index (χ0) is 14.5. The van der Waals surface area contributed by atoms with Crippen molar-refractivity contribution in [3.8, 4) is 0 Å². The van der Waals surface area contributed by atoms with Gasteiger partial charge < -0.3 is 5.32 Å². The molecule has 0 aromatic carbocycles. The van der Waals surface area contributed by atoms with E-state index in [1.54, 1.807) is 4.31 Å². The molecule has 0 unspecified atom stereocenters. The highest BCUT2D eigenvalue weighted by atomic mass is 32.2. The molecule has 1 heterocycles. The normalized spacial score (nSPS) is 19.8. The molecule has 1 aliphatic rings. The molecule has 1 fully saturated rings. The van der Waals surface area contributed by atoms with E-state index in [-0.39, 0.29) is 11.2 Å². The molecule has 5 heteroatoms. The molecule has 19 heavy (non-hydrogen) atoms. The summed E-state index contributed by atoms with van der Waals surface area (Å²) in [5, 5.41) is 3.48. The monoisotopic (exact) mass is 290 g/mol. The van der Waals surface area contributed by atoms with Crippen LogP contribution in [0.15, 0.2) is 0 Å². The minimum Gasteiger partial charge on any atom is -0.314 e. The zero-order valence-corrected chi connectivity index (χ0v) is 13.7. The Balaban J connectivity index is 2.41. The molecule has 0 radical (unpaired) electrons. The molecular weight excluding hydrogens is 260 g/mol. The fourth-order valence-electron chi connectivity index (χ4n) is 2.25. The van der Waals surface area contributed by atoms with Crippen molar-refractivity contribution in [1.29, 1.82) is 0 Å². The maximum absolute atomic E-state index is 12.3. The standard InChI is InChI=1S/C14H30N2O2S/c1-5-9-15-13-6-10-16(11-7-13)19(17,18)12-8-14(2,3)4/h13,15H,5-12H2,1-4H3. The first-order valence-corrected chi connectivity index (χ1v) is 9.07. The smallest absolute Gasteiger partial charge is 0.214 e. The molecule has 0 amide bonds. The molecule has 1 saturated heterocycles. The van der Waals surface area contributed by atoms with Gasteiger partial charge in [0.15, 0.2) is 0 Å². The molecule has 0 aromatic heterocycles. The lowest BCUT2D eigenvalue weighted by molar-refractivity contribution is 0.287. The number of hydrogen-bond acceptors (Lipinski definition) is 3. The number of nitrogens with zero attached hydrogens (tertiary/aromatic N) is 1. The molecular formula is C14H30N2O2S. The molecule has 0 saturated carbocycles. The largest absolute Gasteiger partial charge is 0.314 e. The number of hydrogen-bond donors (Lipinski definition) is 1. The van der Waals surface area contributed by atoms with E-state index < -0.39 is 10.0 Å². The predicted molar refractivity (Wildman–Crippen MR) is 80.7 cm³/mol. The lowest BCUT2D eigenvalue weighted by atomic mass is 9.94. The van der Waals surface area contributed by atoms with Crippen LogP contribution >= 0.6 is 0 Å². The van der Waals surface area contributed by atoms with Crippen LogP contribution in [-0.4, -0.2) is 44.2 Å². The van der Waals surface area contributed by atoms with Crippen molar-refractivity contribution in [3.05, 3.63) is 0 Å². The molecule has 0 atom stereocenters. The highest BCUT2D eigenvalue weighted by molar-refractivity contribution is 7.89.